The van der Waals surface area contributed by atoms with Crippen molar-refractivity contribution in [1.82, 2.24) is 10.2 Å². The molecule has 0 saturated heterocycles. The maximum absolute atomic E-state index is 12.8. The fraction of sp³-hybridized carbons (Fsp3) is 0.500. The highest BCUT2D eigenvalue weighted by Crippen LogP contribution is 2.33. The van der Waals surface area contributed by atoms with Crippen molar-refractivity contribution in [3.8, 4) is 5.75 Å². The van der Waals surface area contributed by atoms with Crippen LogP contribution in [0.15, 0.2) is 29.0 Å². The zero-order valence-electron chi connectivity index (χ0n) is 16.8. The second-order valence-electron chi connectivity index (χ2n) is 7.87. The van der Waals surface area contributed by atoms with E-state index in [1.54, 1.807) is 11.3 Å². The Morgan fingerprint density at radius 3 is 2.44 bits per heavy atom. The van der Waals surface area contributed by atoms with Crippen LogP contribution in [0, 0.1) is 13.8 Å². The van der Waals surface area contributed by atoms with Crippen LogP contribution < -0.4 is 10.1 Å². The highest BCUT2D eigenvalue weighted by molar-refractivity contribution is 7.07. The number of hydrogen-bond acceptors (Lipinski definition) is 4. The Morgan fingerprint density at radius 2 is 1.89 bits per heavy atom. The summed E-state index contributed by atoms with van der Waals surface area (Å²) >= 11 is 1.67. The topological polar surface area (TPSA) is 41.6 Å². The van der Waals surface area contributed by atoms with E-state index in [4.69, 9.17) is 4.74 Å². The second-order valence-corrected chi connectivity index (χ2v) is 8.65. The van der Waals surface area contributed by atoms with Gasteiger partial charge in [0.1, 0.15) is 12.4 Å². The standard InChI is InChI=1S/C22H30N2O2S/c1-16-11-19(12-17(2)20(16)26-13-18-7-10-27-14-18)21(25)23-15-22(24(3)4)8-5-6-9-22/h7,10-12,14H,5-6,8-9,13,15H2,1-4H3,(H,23,25). The van der Waals surface area contributed by atoms with Gasteiger partial charge in [0.25, 0.3) is 5.91 Å². The van der Waals surface area contributed by atoms with Gasteiger partial charge in [-0.2, -0.15) is 11.3 Å². The SMILES string of the molecule is Cc1cc(C(=O)NCC2(N(C)C)CCCC2)cc(C)c1OCc1ccsc1. The molecule has 5 heteroatoms. The molecular weight excluding hydrogens is 356 g/mol. The van der Waals surface area contributed by atoms with Gasteiger partial charge in [-0.1, -0.05) is 12.8 Å². The molecule has 2 aromatic rings. The van der Waals surface area contributed by atoms with Crippen LogP contribution in [0.1, 0.15) is 52.7 Å². The monoisotopic (exact) mass is 386 g/mol. The van der Waals surface area contributed by atoms with Gasteiger partial charge in [0, 0.05) is 17.6 Å². The molecule has 1 heterocycles. The van der Waals surface area contributed by atoms with Gasteiger partial charge in [-0.3, -0.25) is 4.79 Å². The van der Waals surface area contributed by atoms with E-state index in [1.165, 1.54) is 18.4 Å². The van der Waals surface area contributed by atoms with Gasteiger partial charge in [0.05, 0.1) is 0 Å². The van der Waals surface area contributed by atoms with Crippen LogP contribution in [0.4, 0.5) is 0 Å². The minimum atomic E-state index is -0.00119. The molecule has 4 nitrogen and oxygen atoms in total. The number of nitrogens with zero attached hydrogens (tertiary/aromatic N) is 1. The van der Waals surface area contributed by atoms with Gasteiger partial charge in [-0.05, 0) is 86.4 Å². The van der Waals surface area contributed by atoms with Crippen LogP contribution >= 0.6 is 11.3 Å². The Labute approximate surface area is 166 Å². The molecule has 1 aliphatic rings. The number of hydrogen-bond donors (Lipinski definition) is 1. The quantitative estimate of drug-likeness (QED) is 0.759. The Hall–Kier alpha value is -1.85. The summed E-state index contributed by atoms with van der Waals surface area (Å²) < 4.78 is 6.00. The minimum Gasteiger partial charge on any atom is -0.488 e. The molecule has 1 amide bonds. The van der Waals surface area contributed by atoms with Crippen LogP contribution in [0.25, 0.3) is 0 Å². The lowest BCUT2D eigenvalue weighted by molar-refractivity contribution is 0.0899. The molecule has 0 radical (unpaired) electrons. The summed E-state index contributed by atoms with van der Waals surface area (Å²) in [6, 6.07) is 5.94. The molecule has 0 atom stereocenters. The van der Waals surface area contributed by atoms with Crippen LogP contribution in [-0.4, -0.2) is 37.0 Å². The minimum absolute atomic E-state index is 0.00119. The Morgan fingerprint density at radius 1 is 1.22 bits per heavy atom. The van der Waals surface area contributed by atoms with Crippen molar-refractivity contribution in [2.45, 2.75) is 51.7 Å². The van der Waals surface area contributed by atoms with Gasteiger partial charge in [0.15, 0.2) is 0 Å². The first-order valence-corrected chi connectivity index (χ1v) is 10.6. The second kappa shape index (κ2) is 8.44. The van der Waals surface area contributed by atoms with Gasteiger partial charge in [0.2, 0.25) is 0 Å². The lowest BCUT2D eigenvalue weighted by Gasteiger charge is -2.36. The largest absolute Gasteiger partial charge is 0.488 e. The first kappa shape index (κ1) is 19.9. The Bertz CT molecular complexity index is 755. The van der Waals surface area contributed by atoms with Gasteiger partial charge >= 0.3 is 0 Å². The van der Waals surface area contributed by atoms with Gasteiger partial charge in [-0.15, -0.1) is 0 Å². The molecule has 0 spiro atoms. The van der Waals surface area contributed by atoms with Crippen molar-refractivity contribution in [2.75, 3.05) is 20.6 Å². The van der Waals surface area contributed by atoms with E-state index in [1.807, 2.05) is 26.0 Å². The third-order valence-electron chi connectivity index (χ3n) is 5.75. The summed E-state index contributed by atoms with van der Waals surface area (Å²) in [5.74, 6) is 0.872. The Kier molecular flexibility index (Phi) is 6.22. The number of nitrogens with one attached hydrogen (secondary N) is 1. The van der Waals surface area contributed by atoms with Crippen molar-refractivity contribution >= 4 is 17.2 Å². The number of amides is 1. The summed E-state index contributed by atoms with van der Waals surface area (Å²) in [7, 11) is 4.23. The van der Waals surface area contributed by atoms with E-state index in [0.29, 0.717) is 18.7 Å². The van der Waals surface area contributed by atoms with Crippen LogP contribution in [0.5, 0.6) is 5.75 Å². The molecule has 1 fully saturated rings. The molecule has 0 bridgehead atoms. The first-order valence-electron chi connectivity index (χ1n) is 9.62. The van der Waals surface area contributed by atoms with E-state index >= 15 is 0 Å². The van der Waals surface area contributed by atoms with E-state index in [0.717, 1.165) is 29.7 Å². The average Bonchev–Trinajstić information content (AvgIpc) is 3.31. The molecule has 146 valence electrons. The van der Waals surface area contributed by atoms with E-state index in [9.17, 15) is 4.79 Å². The van der Waals surface area contributed by atoms with Gasteiger partial charge in [-0.25, -0.2) is 0 Å². The van der Waals surface area contributed by atoms with Crippen LogP contribution in [0.2, 0.25) is 0 Å². The number of aryl methyl sites for hydroxylation is 2. The molecule has 0 aliphatic heterocycles. The summed E-state index contributed by atoms with van der Waals surface area (Å²) in [6.07, 6.45) is 4.77. The molecule has 1 aromatic heterocycles. The number of rotatable bonds is 7. The van der Waals surface area contributed by atoms with Crippen molar-refractivity contribution in [3.63, 3.8) is 0 Å². The predicted octanol–water partition coefficient (Wildman–Crippen LogP) is 4.55. The third-order valence-corrected chi connectivity index (χ3v) is 6.48. The van der Waals surface area contributed by atoms with Gasteiger partial charge < -0.3 is 15.0 Å². The predicted molar refractivity (Wildman–Crippen MR) is 112 cm³/mol. The summed E-state index contributed by atoms with van der Waals surface area (Å²) in [5.41, 5.74) is 3.98. The summed E-state index contributed by atoms with van der Waals surface area (Å²) in [6.45, 7) is 5.27. The fourth-order valence-electron chi connectivity index (χ4n) is 4.00. The number of thiophene rings is 1. The fourth-order valence-corrected chi connectivity index (χ4v) is 4.65. The molecule has 3 rings (SSSR count). The molecule has 1 saturated carbocycles. The smallest absolute Gasteiger partial charge is 0.251 e. The van der Waals surface area contributed by atoms with E-state index < -0.39 is 0 Å². The summed E-state index contributed by atoms with van der Waals surface area (Å²) in [4.78, 5) is 15.0. The first-order chi connectivity index (χ1) is 12.9. The molecule has 27 heavy (non-hydrogen) atoms. The molecule has 1 aromatic carbocycles. The average molecular weight is 387 g/mol. The molecule has 0 unspecified atom stereocenters. The van der Waals surface area contributed by atoms with Crippen molar-refractivity contribution in [2.24, 2.45) is 0 Å². The molecule has 1 N–H and O–H groups in total. The third kappa shape index (κ3) is 4.53. The number of likely N-dealkylation sites (N-methyl/N-ethyl adjacent to an activating group) is 1. The maximum Gasteiger partial charge on any atom is 0.251 e. The normalized spacial score (nSPS) is 15.9. The lowest BCUT2D eigenvalue weighted by atomic mass is 9.95. The van der Waals surface area contributed by atoms with Crippen LogP contribution in [-0.2, 0) is 6.61 Å². The highest BCUT2D eigenvalue weighted by atomic mass is 32.1. The van der Waals surface area contributed by atoms with E-state index in [-0.39, 0.29) is 11.4 Å². The maximum atomic E-state index is 12.8. The summed E-state index contributed by atoms with van der Waals surface area (Å²) in [5, 5.41) is 7.32. The lowest BCUT2D eigenvalue weighted by Crippen LogP contribution is -2.50. The number of carbonyl (C=O) groups is 1. The zero-order valence-corrected chi connectivity index (χ0v) is 17.6. The Balaban J connectivity index is 1.66. The number of benzene rings is 1. The zero-order chi connectivity index (χ0) is 19.4. The van der Waals surface area contributed by atoms with Crippen molar-refractivity contribution < 1.29 is 9.53 Å². The van der Waals surface area contributed by atoms with Crippen molar-refractivity contribution in [3.05, 3.63) is 51.2 Å². The molecule has 1 aliphatic carbocycles. The number of ether oxygens (including phenoxy) is 1. The molecular formula is C22H30N2O2S. The number of carbonyl (C=O) groups excluding carboxylic acids is 1. The van der Waals surface area contributed by atoms with E-state index in [2.05, 4.69) is 41.1 Å². The van der Waals surface area contributed by atoms with Crippen molar-refractivity contribution in [1.29, 1.82) is 0 Å². The highest BCUT2D eigenvalue weighted by Gasteiger charge is 2.36. The van der Waals surface area contributed by atoms with Crippen LogP contribution in [0.3, 0.4) is 0 Å².